The molecule has 0 saturated carbocycles. The molecule has 0 aliphatic rings. The molecule has 0 aromatic rings. The van der Waals surface area contributed by atoms with Gasteiger partial charge in [-0.2, -0.15) is 13.2 Å². The van der Waals surface area contributed by atoms with E-state index in [1.54, 1.807) is 13.8 Å². The Hall–Kier alpha value is -1.47. The lowest BCUT2D eigenvalue weighted by Crippen LogP contribution is -2.49. The average molecular weight is 256 g/mol. The fourth-order valence-electron chi connectivity index (χ4n) is 1.01. The molecule has 0 unspecified atom stereocenters. The summed E-state index contributed by atoms with van der Waals surface area (Å²) in [5, 5.41) is 8.47. The van der Waals surface area contributed by atoms with Crippen LogP contribution in [0, 0.1) is 0 Å². The highest BCUT2D eigenvalue weighted by molar-refractivity contribution is 5.80. The Morgan fingerprint density at radius 2 is 1.76 bits per heavy atom. The number of nitrogens with zero attached hydrogens (tertiary/aromatic N) is 2. The van der Waals surface area contributed by atoms with Crippen molar-refractivity contribution in [3.8, 4) is 0 Å². The van der Waals surface area contributed by atoms with E-state index in [9.17, 15) is 22.8 Å². The molecule has 8 heteroatoms. The zero-order valence-electron chi connectivity index (χ0n) is 9.78. The van der Waals surface area contributed by atoms with Crippen molar-refractivity contribution in [2.24, 2.45) is 0 Å². The molecule has 0 rings (SSSR count). The molecule has 17 heavy (non-hydrogen) atoms. The van der Waals surface area contributed by atoms with Gasteiger partial charge in [-0.1, -0.05) is 0 Å². The molecule has 0 atom stereocenters. The monoisotopic (exact) mass is 256 g/mol. The Kier molecular flexibility index (Phi) is 5.24. The molecular formula is C9H15F3N2O3. The highest BCUT2D eigenvalue weighted by atomic mass is 19.4. The van der Waals surface area contributed by atoms with E-state index in [1.165, 1.54) is 7.05 Å². The molecule has 0 aromatic carbocycles. The van der Waals surface area contributed by atoms with Crippen molar-refractivity contribution < 1.29 is 27.9 Å². The number of hydrogen-bond donors (Lipinski definition) is 1. The van der Waals surface area contributed by atoms with Crippen LogP contribution in [0.25, 0.3) is 0 Å². The van der Waals surface area contributed by atoms with Crippen LogP contribution < -0.4 is 0 Å². The van der Waals surface area contributed by atoms with Crippen molar-refractivity contribution in [3.63, 3.8) is 0 Å². The topological polar surface area (TPSA) is 60.9 Å². The van der Waals surface area contributed by atoms with Crippen LogP contribution in [0.3, 0.4) is 0 Å². The van der Waals surface area contributed by atoms with Crippen LogP contribution in [-0.2, 0) is 4.79 Å². The molecule has 0 bridgehead atoms. The Bertz CT molecular complexity index is 292. The molecule has 0 heterocycles. The number of carbonyl (C=O) groups excluding carboxylic acids is 1. The van der Waals surface area contributed by atoms with E-state index in [1.807, 2.05) is 0 Å². The largest absolute Gasteiger partial charge is 0.480 e. The van der Waals surface area contributed by atoms with E-state index in [0.29, 0.717) is 0 Å². The van der Waals surface area contributed by atoms with Gasteiger partial charge in [0.15, 0.2) is 0 Å². The lowest BCUT2D eigenvalue weighted by molar-refractivity contribution is -0.149. The van der Waals surface area contributed by atoms with Crippen molar-refractivity contribution in [2.45, 2.75) is 26.1 Å². The molecule has 0 saturated heterocycles. The number of halogens is 3. The first-order valence-corrected chi connectivity index (χ1v) is 4.85. The van der Waals surface area contributed by atoms with E-state index in [0.717, 1.165) is 4.90 Å². The minimum absolute atomic E-state index is 0.252. The second-order valence-electron chi connectivity index (χ2n) is 3.85. The van der Waals surface area contributed by atoms with Crippen molar-refractivity contribution in [1.29, 1.82) is 0 Å². The summed E-state index contributed by atoms with van der Waals surface area (Å²) in [6, 6.07) is -1.27. The quantitative estimate of drug-likeness (QED) is 0.827. The number of carbonyl (C=O) groups is 2. The maximum atomic E-state index is 12.2. The summed E-state index contributed by atoms with van der Waals surface area (Å²) in [6.45, 7) is 0.680. The highest BCUT2D eigenvalue weighted by Gasteiger charge is 2.35. The normalized spacial score (nSPS) is 11.5. The second-order valence-corrected chi connectivity index (χ2v) is 3.85. The van der Waals surface area contributed by atoms with Crippen LogP contribution in [0.5, 0.6) is 0 Å². The molecule has 2 amide bonds. The Morgan fingerprint density at radius 1 is 1.29 bits per heavy atom. The molecule has 0 fully saturated rings. The molecule has 0 spiro atoms. The van der Waals surface area contributed by atoms with Gasteiger partial charge in [0.1, 0.15) is 13.1 Å². The third kappa shape index (κ3) is 5.98. The number of alkyl halides is 3. The predicted molar refractivity (Wildman–Crippen MR) is 53.6 cm³/mol. The van der Waals surface area contributed by atoms with Crippen LogP contribution in [0.4, 0.5) is 18.0 Å². The van der Waals surface area contributed by atoms with Gasteiger partial charge in [-0.25, -0.2) is 4.79 Å². The number of amides is 2. The summed E-state index contributed by atoms with van der Waals surface area (Å²) in [5.74, 6) is -1.49. The van der Waals surface area contributed by atoms with E-state index in [-0.39, 0.29) is 10.9 Å². The van der Waals surface area contributed by atoms with Gasteiger partial charge >= 0.3 is 18.2 Å². The summed E-state index contributed by atoms with van der Waals surface area (Å²) in [6.07, 6.45) is -4.62. The Labute approximate surface area is 96.8 Å². The van der Waals surface area contributed by atoms with Gasteiger partial charge in [0.25, 0.3) is 0 Å². The zero-order valence-corrected chi connectivity index (χ0v) is 9.78. The molecule has 0 radical (unpaired) electrons. The molecule has 0 aromatic heterocycles. The lowest BCUT2D eigenvalue weighted by atomic mass is 10.3. The summed E-state index contributed by atoms with van der Waals surface area (Å²) in [5.41, 5.74) is 0. The third-order valence-electron chi connectivity index (χ3n) is 2.04. The van der Waals surface area contributed by atoms with Gasteiger partial charge in [-0.05, 0) is 13.8 Å². The first-order chi connectivity index (χ1) is 7.54. The molecule has 0 aliphatic carbocycles. The van der Waals surface area contributed by atoms with E-state index >= 15 is 0 Å². The minimum atomic E-state index is -4.62. The van der Waals surface area contributed by atoms with Crippen LogP contribution in [-0.4, -0.2) is 59.3 Å². The first-order valence-electron chi connectivity index (χ1n) is 4.85. The highest BCUT2D eigenvalue weighted by Crippen LogP contribution is 2.17. The van der Waals surface area contributed by atoms with Crippen LogP contribution in [0.15, 0.2) is 0 Å². The molecule has 100 valence electrons. The zero-order chi connectivity index (χ0) is 13.8. The predicted octanol–water partition coefficient (Wildman–Crippen LogP) is 1.40. The summed E-state index contributed by atoms with van der Waals surface area (Å²) < 4.78 is 36.5. The van der Waals surface area contributed by atoms with E-state index in [2.05, 4.69) is 0 Å². The number of carboxylic acid groups (broad SMARTS) is 1. The minimum Gasteiger partial charge on any atom is -0.480 e. The van der Waals surface area contributed by atoms with Crippen molar-refractivity contribution in [1.82, 2.24) is 9.80 Å². The smallest absolute Gasteiger partial charge is 0.406 e. The van der Waals surface area contributed by atoms with Crippen molar-refractivity contribution in [3.05, 3.63) is 0 Å². The van der Waals surface area contributed by atoms with Crippen LogP contribution >= 0.6 is 0 Å². The Morgan fingerprint density at radius 3 is 2.06 bits per heavy atom. The van der Waals surface area contributed by atoms with E-state index in [4.69, 9.17) is 5.11 Å². The fraction of sp³-hybridized carbons (Fsp3) is 0.778. The van der Waals surface area contributed by atoms with Gasteiger partial charge in [0.05, 0.1) is 0 Å². The van der Waals surface area contributed by atoms with Gasteiger partial charge in [-0.15, -0.1) is 0 Å². The van der Waals surface area contributed by atoms with Gasteiger partial charge in [0, 0.05) is 13.1 Å². The third-order valence-corrected chi connectivity index (χ3v) is 2.04. The maximum Gasteiger partial charge on any atom is 0.406 e. The van der Waals surface area contributed by atoms with Gasteiger partial charge < -0.3 is 14.9 Å². The first kappa shape index (κ1) is 15.5. The number of aliphatic carboxylic acids is 1. The average Bonchev–Trinajstić information content (AvgIpc) is 2.11. The number of rotatable bonds is 4. The van der Waals surface area contributed by atoms with Crippen molar-refractivity contribution >= 4 is 12.0 Å². The summed E-state index contributed by atoms with van der Waals surface area (Å²) >= 11 is 0. The second kappa shape index (κ2) is 5.74. The van der Waals surface area contributed by atoms with Gasteiger partial charge in [-0.3, -0.25) is 4.79 Å². The summed E-state index contributed by atoms with van der Waals surface area (Å²) in [4.78, 5) is 23.3. The standard InChI is InChI=1S/C9H15F3N2O3/c1-6(2)13(3)8(17)14(4-7(15)16)5-9(10,11)12/h6H,4-5H2,1-3H3,(H,15,16). The van der Waals surface area contributed by atoms with Crippen molar-refractivity contribution in [2.75, 3.05) is 20.1 Å². The van der Waals surface area contributed by atoms with Crippen LogP contribution in [0.1, 0.15) is 13.8 Å². The molecular weight excluding hydrogens is 241 g/mol. The van der Waals surface area contributed by atoms with Crippen LogP contribution in [0.2, 0.25) is 0 Å². The SMILES string of the molecule is CC(C)N(C)C(=O)N(CC(=O)O)CC(F)(F)F. The van der Waals surface area contributed by atoms with Gasteiger partial charge in [0.2, 0.25) is 0 Å². The number of hydrogen-bond acceptors (Lipinski definition) is 2. The van der Waals surface area contributed by atoms with E-state index < -0.39 is 31.3 Å². The Balaban J connectivity index is 4.79. The fourth-order valence-corrected chi connectivity index (χ4v) is 1.01. The lowest BCUT2D eigenvalue weighted by Gasteiger charge is -2.29. The molecule has 1 N–H and O–H groups in total. The summed E-state index contributed by atoms with van der Waals surface area (Å²) in [7, 11) is 1.32. The maximum absolute atomic E-state index is 12.2. The number of urea groups is 1. The molecule has 5 nitrogen and oxygen atoms in total. The number of carboxylic acids is 1. The molecule has 0 aliphatic heterocycles.